The van der Waals surface area contributed by atoms with Crippen LogP contribution in [0, 0.1) is 6.92 Å². The molecule has 1 atom stereocenters. The lowest BCUT2D eigenvalue weighted by atomic mass is 10.1. The van der Waals surface area contributed by atoms with Crippen LogP contribution < -0.4 is 5.32 Å². The molecule has 1 aromatic carbocycles. The molecule has 96 valence electrons. The predicted octanol–water partition coefficient (Wildman–Crippen LogP) is 4.00. The molecule has 0 heterocycles. The Balaban J connectivity index is 2.31. The molecule has 0 fully saturated rings. The molecule has 0 aromatic heterocycles. The maximum atomic E-state index is 3.55. The second kappa shape index (κ2) is 6.46. The number of hydrogen-bond acceptors (Lipinski definition) is 2. The molecule has 0 spiro atoms. The maximum absolute atomic E-state index is 3.55. The number of aryl methyl sites for hydroxylation is 1. The van der Waals surface area contributed by atoms with Crippen LogP contribution in [0.15, 0.2) is 24.3 Å². The van der Waals surface area contributed by atoms with E-state index in [9.17, 15) is 0 Å². The lowest BCUT2D eigenvalue weighted by molar-refractivity contribution is 0.429. The van der Waals surface area contributed by atoms with Crippen molar-refractivity contribution >= 4 is 11.8 Å². The van der Waals surface area contributed by atoms with Crippen molar-refractivity contribution in [3.63, 3.8) is 0 Å². The first kappa shape index (κ1) is 14.6. The van der Waals surface area contributed by atoms with Crippen LogP contribution in [0.5, 0.6) is 0 Å². The van der Waals surface area contributed by atoms with Crippen LogP contribution in [0.25, 0.3) is 0 Å². The average molecular weight is 251 g/mol. The molecule has 0 aliphatic carbocycles. The lowest BCUT2D eigenvalue weighted by Crippen LogP contribution is -2.39. The number of benzene rings is 1. The van der Waals surface area contributed by atoms with Crippen molar-refractivity contribution in [2.24, 2.45) is 0 Å². The average Bonchev–Trinajstić information content (AvgIpc) is 2.23. The smallest absolute Gasteiger partial charge is 0.0187 e. The molecule has 0 saturated carbocycles. The number of hydrogen-bond donors (Lipinski definition) is 1. The van der Waals surface area contributed by atoms with Crippen molar-refractivity contribution in [3.8, 4) is 0 Å². The highest BCUT2D eigenvalue weighted by Crippen LogP contribution is 2.18. The summed E-state index contributed by atoms with van der Waals surface area (Å²) >= 11 is 2.02. The summed E-state index contributed by atoms with van der Waals surface area (Å²) in [5.41, 5.74) is 3.00. The first-order valence-corrected chi connectivity index (χ1v) is 7.34. The summed E-state index contributed by atoms with van der Waals surface area (Å²) < 4.78 is 0. The van der Waals surface area contributed by atoms with E-state index in [0.717, 1.165) is 12.3 Å². The van der Waals surface area contributed by atoms with Gasteiger partial charge in [-0.15, -0.1) is 0 Å². The van der Waals surface area contributed by atoms with E-state index < -0.39 is 0 Å². The molecular formula is C15H25NS. The molecule has 1 nitrogen and oxygen atoms in total. The summed E-state index contributed by atoms with van der Waals surface area (Å²) in [5.74, 6) is 1.11. The molecule has 0 radical (unpaired) electrons. The molecule has 2 heteroatoms. The van der Waals surface area contributed by atoms with Gasteiger partial charge in [0.1, 0.15) is 0 Å². The van der Waals surface area contributed by atoms with Crippen molar-refractivity contribution in [2.75, 3.05) is 6.54 Å². The quantitative estimate of drug-likeness (QED) is 0.849. The molecule has 1 aromatic rings. The summed E-state index contributed by atoms with van der Waals surface area (Å²) in [4.78, 5) is 0. The summed E-state index contributed by atoms with van der Waals surface area (Å²) in [5, 5.41) is 4.20. The second-order valence-corrected chi connectivity index (χ2v) is 7.17. The zero-order valence-corrected chi connectivity index (χ0v) is 12.5. The Morgan fingerprint density at radius 1 is 1.29 bits per heavy atom. The lowest BCUT2D eigenvalue weighted by Gasteiger charge is -2.23. The van der Waals surface area contributed by atoms with Gasteiger partial charge in [-0.3, -0.25) is 0 Å². The molecule has 1 rings (SSSR count). The zero-order chi connectivity index (χ0) is 12.9. The van der Waals surface area contributed by atoms with Crippen LogP contribution in [-0.2, 0) is 5.75 Å². The maximum Gasteiger partial charge on any atom is 0.0187 e. The Morgan fingerprint density at radius 2 is 2.00 bits per heavy atom. The summed E-state index contributed by atoms with van der Waals surface area (Å²) in [6.07, 6.45) is 0. The van der Waals surface area contributed by atoms with Gasteiger partial charge >= 0.3 is 0 Å². The van der Waals surface area contributed by atoms with Gasteiger partial charge < -0.3 is 5.32 Å². The molecular weight excluding hydrogens is 226 g/mol. The summed E-state index contributed by atoms with van der Waals surface area (Å²) in [6, 6.07) is 8.78. The topological polar surface area (TPSA) is 12.0 Å². The summed E-state index contributed by atoms with van der Waals surface area (Å²) in [7, 11) is 0. The Hall–Kier alpha value is -0.470. The largest absolute Gasteiger partial charge is 0.311 e. The highest BCUT2D eigenvalue weighted by Gasteiger charge is 2.11. The third-order valence-corrected chi connectivity index (χ3v) is 3.77. The van der Waals surface area contributed by atoms with Gasteiger partial charge in [-0.1, -0.05) is 36.8 Å². The predicted molar refractivity (Wildman–Crippen MR) is 79.7 cm³/mol. The van der Waals surface area contributed by atoms with E-state index in [1.54, 1.807) is 0 Å². The van der Waals surface area contributed by atoms with Gasteiger partial charge in [-0.05, 0) is 33.3 Å². The molecule has 0 saturated heterocycles. The van der Waals surface area contributed by atoms with E-state index in [2.05, 4.69) is 64.2 Å². The fourth-order valence-electron chi connectivity index (χ4n) is 1.55. The Bertz CT molecular complexity index is 341. The van der Waals surface area contributed by atoms with Crippen LogP contribution in [0.2, 0.25) is 0 Å². The van der Waals surface area contributed by atoms with Gasteiger partial charge in [-0.2, -0.15) is 11.8 Å². The van der Waals surface area contributed by atoms with Gasteiger partial charge in [0.15, 0.2) is 0 Å². The fourth-order valence-corrected chi connectivity index (χ4v) is 2.41. The molecule has 17 heavy (non-hydrogen) atoms. The van der Waals surface area contributed by atoms with E-state index >= 15 is 0 Å². The van der Waals surface area contributed by atoms with Crippen molar-refractivity contribution in [1.29, 1.82) is 0 Å². The zero-order valence-electron chi connectivity index (χ0n) is 11.7. The van der Waals surface area contributed by atoms with Crippen LogP contribution >= 0.6 is 11.8 Å². The first-order valence-electron chi connectivity index (χ1n) is 6.29. The molecule has 0 aliphatic heterocycles. The molecule has 0 amide bonds. The number of nitrogens with one attached hydrogen (secondary N) is 1. The van der Waals surface area contributed by atoms with E-state index in [-0.39, 0.29) is 5.54 Å². The van der Waals surface area contributed by atoms with Crippen LogP contribution in [0.1, 0.15) is 38.8 Å². The number of rotatable bonds is 5. The number of thioether (sulfide) groups is 1. The van der Waals surface area contributed by atoms with Crippen molar-refractivity contribution < 1.29 is 0 Å². The van der Waals surface area contributed by atoms with E-state index in [4.69, 9.17) is 0 Å². The normalized spacial score (nSPS) is 13.7. The van der Waals surface area contributed by atoms with Crippen LogP contribution in [-0.4, -0.2) is 17.3 Å². The minimum absolute atomic E-state index is 0.220. The van der Waals surface area contributed by atoms with Gasteiger partial charge in [0.25, 0.3) is 0 Å². The SMILES string of the molecule is Cc1cccc(CSC(C)CNC(C)(C)C)c1. The van der Waals surface area contributed by atoms with Crippen LogP contribution in [0.4, 0.5) is 0 Å². The molecule has 1 unspecified atom stereocenters. The van der Waals surface area contributed by atoms with Gasteiger partial charge in [0.05, 0.1) is 0 Å². The van der Waals surface area contributed by atoms with Crippen LogP contribution in [0.3, 0.4) is 0 Å². The minimum atomic E-state index is 0.220. The molecule has 0 aliphatic rings. The Kier molecular flexibility index (Phi) is 5.54. The van der Waals surface area contributed by atoms with Crippen molar-refractivity contribution in [2.45, 2.75) is 51.2 Å². The Morgan fingerprint density at radius 3 is 2.59 bits per heavy atom. The molecule has 1 N–H and O–H groups in total. The van der Waals surface area contributed by atoms with E-state index in [0.29, 0.717) is 5.25 Å². The van der Waals surface area contributed by atoms with Gasteiger partial charge in [-0.25, -0.2) is 0 Å². The second-order valence-electron chi connectivity index (χ2n) is 5.74. The van der Waals surface area contributed by atoms with Gasteiger partial charge in [0, 0.05) is 23.1 Å². The highest BCUT2D eigenvalue weighted by molar-refractivity contribution is 7.99. The molecule has 0 bridgehead atoms. The monoisotopic (exact) mass is 251 g/mol. The Labute approximate surface area is 110 Å². The van der Waals surface area contributed by atoms with Gasteiger partial charge in [0.2, 0.25) is 0 Å². The fraction of sp³-hybridized carbons (Fsp3) is 0.600. The van der Waals surface area contributed by atoms with E-state index in [1.165, 1.54) is 11.1 Å². The van der Waals surface area contributed by atoms with Crippen molar-refractivity contribution in [3.05, 3.63) is 35.4 Å². The summed E-state index contributed by atoms with van der Waals surface area (Å²) in [6.45, 7) is 12.2. The van der Waals surface area contributed by atoms with Crippen molar-refractivity contribution in [1.82, 2.24) is 5.32 Å². The van der Waals surface area contributed by atoms with E-state index in [1.807, 2.05) is 11.8 Å². The first-order chi connectivity index (χ1) is 7.87. The standard InChI is InChI=1S/C15H25NS/c1-12-7-6-8-14(9-12)11-17-13(2)10-16-15(3,4)5/h6-9,13,16H,10-11H2,1-5H3. The minimum Gasteiger partial charge on any atom is -0.311 e. The third-order valence-electron chi connectivity index (χ3n) is 2.54. The third kappa shape index (κ3) is 6.75. The highest BCUT2D eigenvalue weighted by atomic mass is 32.2.